The number of halogens is 3. The van der Waals surface area contributed by atoms with Gasteiger partial charge < -0.3 is 10.1 Å². The zero-order valence-electron chi connectivity index (χ0n) is 14.4. The lowest BCUT2D eigenvalue weighted by atomic mass is 10.0. The number of fused-ring (bicyclic) bond motifs is 1. The summed E-state index contributed by atoms with van der Waals surface area (Å²) >= 11 is 0. The number of alkyl halides is 3. The van der Waals surface area contributed by atoms with Crippen LogP contribution in [0.2, 0.25) is 0 Å². The molecule has 0 heterocycles. The highest BCUT2D eigenvalue weighted by Crippen LogP contribution is 2.30. The Morgan fingerprint density at radius 2 is 1.74 bits per heavy atom. The van der Waals surface area contributed by atoms with Crippen LogP contribution in [0.1, 0.15) is 40.7 Å². The molecule has 0 spiro atoms. The number of benzene rings is 2. The number of ketones is 1. The topological polar surface area (TPSA) is 55.4 Å². The van der Waals surface area contributed by atoms with Crippen LogP contribution in [0.25, 0.3) is 0 Å². The molecule has 2 aromatic carbocycles. The molecule has 1 N–H and O–H groups in total. The van der Waals surface area contributed by atoms with Crippen LogP contribution in [-0.2, 0) is 17.6 Å². The third-order valence-electron chi connectivity index (χ3n) is 4.39. The number of amides is 1. The Bertz CT molecular complexity index is 862. The van der Waals surface area contributed by atoms with Gasteiger partial charge >= 0.3 is 6.36 Å². The number of hydrogen-bond donors (Lipinski definition) is 1. The summed E-state index contributed by atoms with van der Waals surface area (Å²) in [7, 11) is 0. The highest BCUT2D eigenvalue weighted by atomic mass is 19.4. The number of para-hydroxylation sites is 2. The minimum absolute atomic E-state index is 0.0209. The Morgan fingerprint density at radius 1 is 1.00 bits per heavy atom. The van der Waals surface area contributed by atoms with Gasteiger partial charge in [0.1, 0.15) is 0 Å². The third kappa shape index (κ3) is 5.09. The number of anilines is 1. The summed E-state index contributed by atoms with van der Waals surface area (Å²) in [6, 6.07) is 10.8. The van der Waals surface area contributed by atoms with Crippen molar-refractivity contribution in [3.63, 3.8) is 0 Å². The second kappa shape index (κ2) is 7.82. The largest absolute Gasteiger partial charge is 0.573 e. The van der Waals surface area contributed by atoms with Crippen LogP contribution in [0.15, 0.2) is 42.5 Å². The van der Waals surface area contributed by atoms with Crippen molar-refractivity contribution >= 4 is 17.4 Å². The van der Waals surface area contributed by atoms with E-state index in [4.69, 9.17) is 0 Å². The minimum atomic E-state index is -4.86. The van der Waals surface area contributed by atoms with Gasteiger partial charge in [-0.1, -0.05) is 24.3 Å². The second-order valence-electron chi connectivity index (χ2n) is 6.35. The SMILES string of the molecule is O=C(CCC(=O)c1ccc2c(c1)CCC2)Nc1ccccc1OC(F)(F)F. The fraction of sp³-hybridized carbons (Fsp3) is 0.300. The van der Waals surface area contributed by atoms with Crippen LogP contribution in [0.3, 0.4) is 0 Å². The van der Waals surface area contributed by atoms with Gasteiger partial charge in [-0.15, -0.1) is 13.2 Å². The number of Topliss-reactive ketones (excluding diaryl/α,β-unsaturated/α-hetero) is 1. The molecule has 1 amide bonds. The number of carbonyl (C=O) groups excluding carboxylic acids is 2. The molecule has 142 valence electrons. The summed E-state index contributed by atoms with van der Waals surface area (Å²) in [6.45, 7) is 0. The van der Waals surface area contributed by atoms with Crippen molar-refractivity contribution in [2.24, 2.45) is 0 Å². The molecule has 0 saturated carbocycles. The molecule has 0 atom stereocenters. The normalized spacial score (nSPS) is 13.1. The highest BCUT2D eigenvalue weighted by molar-refractivity contribution is 6.00. The predicted octanol–water partition coefficient (Wildman–Crippen LogP) is 4.68. The average Bonchev–Trinajstić information content (AvgIpc) is 3.08. The zero-order valence-corrected chi connectivity index (χ0v) is 14.4. The minimum Gasteiger partial charge on any atom is -0.404 e. The van der Waals surface area contributed by atoms with Crippen molar-refractivity contribution in [2.45, 2.75) is 38.5 Å². The Morgan fingerprint density at radius 3 is 2.52 bits per heavy atom. The first-order valence-electron chi connectivity index (χ1n) is 8.61. The summed E-state index contributed by atoms with van der Waals surface area (Å²) in [4.78, 5) is 24.4. The molecule has 0 unspecified atom stereocenters. The van der Waals surface area contributed by atoms with Crippen LogP contribution in [0.5, 0.6) is 5.75 Å². The fourth-order valence-corrected chi connectivity index (χ4v) is 3.11. The molecule has 7 heteroatoms. The standard InChI is InChI=1S/C20H18F3NO3/c21-20(22,23)27-18-7-2-1-6-16(18)24-19(26)11-10-17(25)15-9-8-13-4-3-5-14(13)12-15/h1-2,6-9,12H,3-5,10-11H2,(H,24,26). The lowest BCUT2D eigenvalue weighted by Crippen LogP contribution is -2.19. The maximum absolute atomic E-state index is 12.4. The Kier molecular flexibility index (Phi) is 5.48. The van der Waals surface area contributed by atoms with Crippen molar-refractivity contribution in [3.8, 4) is 5.75 Å². The molecule has 0 aromatic heterocycles. The summed E-state index contributed by atoms with van der Waals surface area (Å²) in [5.41, 5.74) is 2.89. The van der Waals surface area contributed by atoms with E-state index < -0.39 is 18.0 Å². The van der Waals surface area contributed by atoms with Gasteiger partial charge in [0.25, 0.3) is 0 Å². The number of ether oxygens (including phenoxy) is 1. The quantitative estimate of drug-likeness (QED) is 0.744. The molecule has 3 rings (SSSR count). The van der Waals surface area contributed by atoms with E-state index >= 15 is 0 Å². The molecule has 1 aliphatic rings. The van der Waals surface area contributed by atoms with Gasteiger partial charge in [-0.3, -0.25) is 9.59 Å². The average molecular weight is 377 g/mol. The highest BCUT2D eigenvalue weighted by Gasteiger charge is 2.32. The Hall–Kier alpha value is -2.83. The van der Waals surface area contributed by atoms with E-state index in [1.165, 1.54) is 29.3 Å². The number of carbonyl (C=O) groups is 2. The summed E-state index contributed by atoms with van der Waals surface area (Å²) in [5.74, 6) is -1.22. The van der Waals surface area contributed by atoms with E-state index in [0.29, 0.717) is 5.56 Å². The first kappa shape index (κ1) is 18.9. The van der Waals surface area contributed by atoms with Crippen molar-refractivity contribution < 1.29 is 27.5 Å². The number of hydrogen-bond acceptors (Lipinski definition) is 3. The summed E-state index contributed by atoms with van der Waals surface area (Å²) in [6.07, 6.45) is -1.96. The first-order chi connectivity index (χ1) is 12.8. The van der Waals surface area contributed by atoms with E-state index in [1.807, 2.05) is 12.1 Å². The second-order valence-corrected chi connectivity index (χ2v) is 6.35. The van der Waals surface area contributed by atoms with Gasteiger partial charge in [-0.2, -0.15) is 0 Å². The van der Waals surface area contributed by atoms with Crippen molar-refractivity contribution in [2.75, 3.05) is 5.32 Å². The molecule has 2 aromatic rings. The number of nitrogens with one attached hydrogen (secondary N) is 1. The molecule has 4 nitrogen and oxygen atoms in total. The number of rotatable bonds is 6. The van der Waals surface area contributed by atoms with E-state index in [9.17, 15) is 22.8 Å². The van der Waals surface area contributed by atoms with Crippen molar-refractivity contribution in [1.29, 1.82) is 0 Å². The van der Waals surface area contributed by atoms with Crippen molar-refractivity contribution in [1.82, 2.24) is 0 Å². The van der Waals surface area contributed by atoms with E-state index in [1.54, 1.807) is 6.07 Å². The first-order valence-corrected chi connectivity index (χ1v) is 8.61. The van der Waals surface area contributed by atoms with Crippen molar-refractivity contribution in [3.05, 3.63) is 59.2 Å². The molecule has 0 aliphatic heterocycles. The molecule has 1 aliphatic carbocycles. The van der Waals surface area contributed by atoms with Gasteiger partial charge in [-0.05, 0) is 48.6 Å². The number of aryl methyl sites for hydroxylation is 2. The molecule has 0 fully saturated rings. The predicted molar refractivity (Wildman–Crippen MR) is 93.8 cm³/mol. The summed E-state index contributed by atoms with van der Waals surface area (Å²) < 4.78 is 41.1. The molecular formula is C20H18F3NO3. The fourth-order valence-electron chi connectivity index (χ4n) is 3.11. The van der Waals surface area contributed by atoms with E-state index in [0.717, 1.165) is 25.3 Å². The molecule has 0 bridgehead atoms. The lowest BCUT2D eigenvalue weighted by molar-refractivity contribution is -0.274. The van der Waals surface area contributed by atoms with E-state index in [-0.39, 0.29) is 24.3 Å². The van der Waals surface area contributed by atoms with Crippen LogP contribution < -0.4 is 10.1 Å². The monoisotopic (exact) mass is 377 g/mol. The zero-order chi connectivity index (χ0) is 19.4. The molecule has 27 heavy (non-hydrogen) atoms. The Balaban J connectivity index is 1.58. The van der Waals surface area contributed by atoms with Crippen LogP contribution in [-0.4, -0.2) is 18.1 Å². The van der Waals surface area contributed by atoms with Crippen LogP contribution >= 0.6 is 0 Å². The van der Waals surface area contributed by atoms with Gasteiger partial charge in [0, 0.05) is 18.4 Å². The maximum atomic E-state index is 12.4. The van der Waals surface area contributed by atoms with Gasteiger partial charge in [0.2, 0.25) is 5.91 Å². The van der Waals surface area contributed by atoms with Gasteiger partial charge in [0.05, 0.1) is 5.69 Å². The molecule has 0 saturated heterocycles. The lowest BCUT2D eigenvalue weighted by Gasteiger charge is -2.13. The summed E-state index contributed by atoms with van der Waals surface area (Å²) in [5, 5.41) is 2.37. The van der Waals surface area contributed by atoms with Crippen LogP contribution in [0.4, 0.5) is 18.9 Å². The smallest absolute Gasteiger partial charge is 0.404 e. The maximum Gasteiger partial charge on any atom is 0.573 e. The molecule has 0 radical (unpaired) electrons. The van der Waals surface area contributed by atoms with Gasteiger partial charge in [-0.25, -0.2) is 0 Å². The Labute approximate surface area is 154 Å². The van der Waals surface area contributed by atoms with Gasteiger partial charge in [0.15, 0.2) is 11.5 Å². The van der Waals surface area contributed by atoms with E-state index in [2.05, 4.69) is 10.1 Å². The molecular weight excluding hydrogens is 359 g/mol. The van der Waals surface area contributed by atoms with Crippen LogP contribution in [0, 0.1) is 0 Å². The third-order valence-corrected chi connectivity index (χ3v) is 4.39.